The van der Waals surface area contributed by atoms with Gasteiger partial charge in [-0.1, -0.05) is 6.92 Å². The Morgan fingerprint density at radius 3 is 2.72 bits per heavy atom. The van der Waals surface area contributed by atoms with Crippen molar-refractivity contribution < 1.29 is 4.74 Å². The lowest BCUT2D eigenvalue weighted by molar-refractivity contribution is 0.411. The SMILES string of the molecule is CCCc1nnc(Cl)n1-c1ccc(OC)c(C)c1. The predicted molar refractivity (Wildman–Crippen MR) is 71.7 cm³/mol. The van der Waals surface area contributed by atoms with Gasteiger partial charge in [-0.05, 0) is 48.7 Å². The molecule has 2 aromatic rings. The van der Waals surface area contributed by atoms with Crippen molar-refractivity contribution in [3.63, 3.8) is 0 Å². The van der Waals surface area contributed by atoms with E-state index in [2.05, 4.69) is 17.1 Å². The fourth-order valence-corrected chi connectivity index (χ4v) is 2.17. The highest BCUT2D eigenvalue weighted by atomic mass is 35.5. The first-order chi connectivity index (χ1) is 8.67. The first-order valence-corrected chi connectivity index (χ1v) is 6.30. The highest BCUT2D eigenvalue weighted by Gasteiger charge is 2.12. The molecule has 0 N–H and O–H groups in total. The number of methoxy groups -OCH3 is 1. The summed E-state index contributed by atoms with van der Waals surface area (Å²) in [4.78, 5) is 0. The Labute approximate surface area is 112 Å². The summed E-state index contributed by atoms with van der Waals surface area (Å²) in [5.41, 5.74) is 2.02. The first kappa shape index (κ1) is 12.9. The summed E-state index contributed by atoms with van der Waals surface area (Å²) < 4.78 is 7.12. The molecule has 4 nitrogen and oxygen atoms in total. The Morgan fingerprint density at radius 1 is 1.33 bits per heavy atom. The van der Waals surface area contributed by atoms with Crippen molar-refractivity contribution in [2.45, 2.75) is 26.7 Å². The molecule has 5 heteroatoms. The van der Waals surface area contributed by atoms with Crippen LogP contribution in [0.25, 0.3) is 5.69 Å². The molecule has 1 heterocycles. The minimum Gasteiger partial charge on any atom is -0.496 e. The molecule has 0 spiro atoms. The fourth-order valence-electron chi connectivity index (χ4n) is 1.94. The highest BCUT2D eigenvalue weighted by molar-refractivity contribution is 6.28. The van der Waals surface area contributed by atoms with Crippen LogP contribution in [0.5, 0.6) is 5.75 Å². The summed E-state index contributed by atoms with van der Waals surface area (Å²) in [6.45, 7) is 4.10. The second-order valence-corrected chi connectivity index (χ2v) is 4.46. The first-order valence-electron chi connectivity index (χ1n) is 5.92. The van der Waals surface area contributed by atoms with E-state index < -0.39 is 0 Å². The molecule has 0 atom stereocenters. The van der Waals surface area contributed by atoms with Gasteiger partial charge in [0.05, 0.1) is 12.8 Å². The molecule has 0 saturated heterocycles. The third-order valence-electron chi connectivity index (χ3n) is 2.80. The van der Waals surface area contributed by atoms with E-state index in [4.69, 9.17) is 16.3 Å². The van der Waals surface area contributed by atoms with Crippen LogP contribution >= 0.6 is 11.6 Å². The van der Waals surface area contributed by atoms with Crippen molar-refractivity contribution in [3.8, 4) is 11.4 Å². The average molecular weight is 266 g/mol. The Bertz CT molecular complexity index is 551. The Morgan fingerprint density at radius 2 is 2.11 bits per heavy atom. The van der Waals surface area contributed by atoms with Crippen LogP contribution in [0.1, 0.15) is 24.7 Å². The summed E-state index contributed by atoms with van der Waals surface area (Å²) in [7, 11) is 1.66. The molecular formula is C13H16ClN3O. The largest absolute Gasteiger partial charge is 0.496 e. The molecule has 0 aliphatic rings. The molecule has 0 aliphatic heterocycles. The van der Waals surface area contributed by atoms with E-state index in [-0.39, 0.29) is 0 Å². The van der Waals surface area contributed by atoms with Crippen molar-refractivity contribution in [1.82, 2.24) is 14.8 Å². The molecule has 0 amide bonds. The second kappa shape index (κ2) is 5.40. The average Bonchev–Trinajstić information content (AvgIpc) is 2.71. The molecule has 18 heavy (non-hydrogen) atoms. The summed E-state index contributed by atoms with van der Waals surface area (Å²) in [6.07, 6.45) is 1.86. The van der Waals surface area contributed by atoms with E-state index in [1.54, 1.807) is 7.11 Å². The third kappa shape index (κ3) is 2.34. The van der Waals surface area contributed by atoms with Gasteiger partial charge in [-0.3, -0.25) is 4.57 Å². The Balaban J connectivity index is 2.48. The van der Waals surface area contributed by atoms with Crippen LogP contribution in [0, 0.1) is 6.92 Å². The van der Waals surface area contributed by atoms with Gasteiger partial charge in [-0.25, -0.2) is 0 Å². The monoisotopic (exact) mass is 265 g/mol. The molecule has 2 rings (SSSR count). The number of ether oxygens (including phenoxy) is 1. The van der Waals surface area contributed by atoms with Crippen LogP contribution in [-0.2, 0) is 6.42 Å². The van der Waals surface area contributed by atoms with Gasteiger partial charge in [0.1, 0.15) is 11.6 Å². The lowest BCUT2D eigenvalue weighted by Gasteiger charge is -2.10. The Kier molecular flexibility index (Phi) is 3.87. The normalized spacial score (nSPS) is 10.7. The van der Waals surface area contributed by atoms with Crippen LogP contribution < -0.4 is 4.74 Å². The van der Waals surface area contributed by atoms with E-state index in [9.17, 15) is 0 Å². The number of hydrogen-bond acceptors (Lipinski definition) is 3. The lowest BCUT2D eigenvalue weighted by atomic mass is 10.2. The van der Waals surface area contributed by atoms with Crippen molar-refractivity contribution in [2.24, 2.45) is 0 Å². The van der Waals surface area contributed by atoms with E-state index in [1.165, 1.54) is 0 Å². The topological polar surface area (TPSA) is 39.9 Å². The van der Waals surface area contributed by atoms with Gasteiger partial charge in [0.25, 0.3) is 0 Å². The van der Waals surface area contributed by atoms with Gasteiger partial charge in [0.15, 0.2) is 0 Å². The van der Waals surface area contributed by atoms with Crippen LogP contribution in [0.15, 0.2) is 18.2 Å². The molecule has 0 bridgehead atoms. The number of rotatable bonds is 4. The van der Waals surface area contributed by atoms with Crippen molar-refractivity contribution in [3.05, 3.63) is 34.9 Å². The van der Waals surface area contributed by atoms with E-state index >= 15 is 0 Å². The summed E-state index contributed by atoms with van der Waals surface area (Å²) in [5.74, 6) is 1.74. The van der Waals surface area contributed by atoms with Gasteiger partial charge in [0.2, 0.25) is 5.28 Å². The molecule has 0 aliphatic carbocycles. The van der Waals surface area contributed by atoms with Crippen molar-refractivity contribution in [2.75, 3.05) is 7.11 Å². The maximum Gasteiger partial charge on any atom is 0.229 e. The molecule has 0 fully saturated rings. The standard InChI is InChI=1S/C13H16ClN3O/c1-4-5-12-15-16-13(14)17(12)10-6-7-11(18-3)9(2)8-10/h6-8H,4-5H2,1-3H3. The molecule has 0 saturated carbocycles. The third-order valence-corrected chi connectivity index (χ3v) is 3.05. The van der Waals surface area contributed by atoms with Gasteiger partial charge < -0.3 is 4.74 Å². The van der Waals surface area contributed by atoms with Gasteiger partial charge in [-0.15, -0.1) is 10.2 Å². The van der Waals surface area contributed by atoms with E-state index in [0.29, 0.717) is 5.28 Å². The lowest BCUT2D eigenvalue weighted by Crippen LogP contribution is -2.02. The summed E-state index contributed by atoms with van der Waals surface area (Å²) in [5, 5.41) is 8.43. The van der Waals surface area contributed by atoms with Crippen LogP contribution in [0.2, 0.25) is 5.28 Å². The van der Waals surface area contributed by atoms with Gasteiger partial charge >= 0.3 is 0 Å². The van der Waals surface area contributed by atoms with Crippen LogP contribution in [-0.4, -0.2) is 21.9 Å². The maximum atomic E-state index is 6.10. The zero-order valence-electron chi connectivity index (χ0n) is 10.8. The molecule has 96 valence electrons. The second-order valence-electron chi connectivity index (χ2n) is 4.12. The van der Waals surface area contributed by atoms with E-state index in [0.717, 1.165) is 35.7 Å². The number of aromatic nitrogens is 3. The fraction of sp³-hybridized carbons (Fsp3) is 0.385. The number of nitrogens with zero attached hydrogens (tertiary/aromatic N) is 3. The van der Waals surface area contributed by atoms with Crippen LogP contribution in [0.3, 0.4) is 0 Å². The number of hydrogen-bond donors (Lipinski definition) is 0. The molecular weight excluding hydrogens is 250 g/mol. The highest BCUT2D eigenvalue weighted by Crippen LogP contribution is 2.24. The van der Waals surface area contributed by atoms with Crippen molar-refractivity contribution >= 4 is 11.6 Å². The number of aryl methyl sites for hydroxylation is 2. The summed E-state index contributed by atoms with van der Waals surface area (Å²) in [6, 6.07) is 5.91. The predicted octanol–water partition coefficient (Wildman–Crippen LogP) is 3.19. The molecule has 1 aromatic heterocycles. The summed E-state index contributed by atoms with van der Waals surface area (Å²) >= 11 is 6.10. The smallest absolute Gasteiger partial charge is 0.229 e. The zero-order valence-corrected chi connectivity index (χ0v) is 11.5. The quantitative estimate of drug-likeness (QED) is 0.852. The molecule has 0 radical (unpaired) electrons. The van der Waals surface area contributed by atoms with Gasteiger partial charge in [-0.2, -0.15) is 0 Å². The molecule has 0 unspecified atom stereocenters. The minimum atomic E-state index is 0.392. The van der Waals surface area contributed by atoms with E-state index in [1.807, 2.05) is 29.7 Å². The van der Waals surface area contributed by atoms with Gasteiger partial charge in [0, 0.05) is 6.42 Å². The number of halogens is 1. The molecule has 1 aromatic carbocycles. The Hall–Kier alpha value is -1.55. The van der Waals surface area contributed by atoms with Crippen molar-refractivity contribution in [1.29, 1.82) is 0 Å². The maximum absolute atomic E-state index is 6.10. The van der Waals surface area contributed by atoms with Crippen LogP contribution in [0.4, 0.5) is 0 Å². The zero-order chi connectivity index (χ0) is 13.1. The minimum absolute atomic E-state index is 0.392. The number of benzene rings is 1.